The Labute approximate surface area is 132 Å². The van der Waals surface area contributed by atoms with Gasteiger partial charge in [-0.1, -0.05) is 45.0 Å². The van der Waals surface area contributed by atoms with Crippen LogP contribution >= 0.6 is 0 Å². The van der Waals surface area contributed by atoms with Gasteiger partial charge in [0.1, 0.15) is 5.75 Å². The van der Waals surface area contributed by atoms with Gasteiger partial charge in [-0.15, -0.1) is 0 Å². The van der Waals surface area contributed by atoms with E-state index in [1.807, 2.05) is 70.2 Å². The molecule has 0 aliphatic heterocycles. The summed E-state index contributed by atoms with van der Waals surface area (Å²) in [5.41, 5.74) is 3.57. The molecule has 0 spiro atoms. The lowest BCUT2D eigenvalue weighted by atomic mass is 9.94. The molecule has 116 valence electrons. The molecule has 0 aromatic heterocycles. The molecule has 0 atom stereocenters. The van der Waals surface area contributed by atoms with E-state index in [4.69, 9.17) is 4.74 Å². The summed E-state index contributed by atoms with van der Waals surface area (Å²) < 4.78 is 5.19. The SMILES string of the molecule is COc1ccc(-c2ccc(C)cc2NC(=O)C(C)(C)C)cc1. The molecule has 2 aromatic rings. The molecule has 2 rings (SSSR count). The van der Waals surface area contributed by atoms with Gasteiger partial charge in [0, 0.05) is 16.7 Å². The summed E-state index contributed by atoms with van der Waals surface area (Å²) in [4.78, 5) is 12.3. The molecule has 0 heterocycles. The summed E-state index contributed by atoms with van der Waals surface area (Å²) in [6.45, 7) is 7.74. The van der Waals surface area contributed by atoms with Crippen molar-refractivity contribution in [2.45, 2.75) is 27.7 Å². The molecule has 0 saturated heterocycles. The fourth-order valence-electron chi connectivity index (χ4n) is 2.09. The average molecular weight is 297 g/mol. The predicted molar refractivity (Wildman–Crippen MR) is 91.3 cm³/mol. The molecule has 3 heteroatoms. The molecule has 0 radical (unpaired) electrons. The lowest BCUT2D eigenvalue weighted by Crippen LogP contribution is -2.27. The molecule has 0 bridgehead atoms. The van der Waals surface area contributed by atoms with Crippen LogP contribution < -0.4 is 10.1 Å². The summed E-state index contributed by atoms with van der Waals surface area (Å²) in [6, 6.07) is 13.9. The van der Waals surface area contributed by atoms with Gasteiger partial charge in [0.15, 0.2) is 0 Å². The van der Waals surface area contributed by atoms with E-state index >= 15 is 0 Å². The van der Waals surface area contributed by atoms with Crippen LogP contribution in [0.4, 0.5) is 5.69 Å². The van der Waals surface area contributed by atoms with Gasteiger partial charge in [-0.2, -0.15) is 0 Å². The minimum absolute atomic E-state index is 0.00728. The van der Waals surface area contributed by atoms with Crippen LogP contribution in [0.1, 0.15) is 26.3 Å². The number of carbonyl (C=O) groups excluding carboxylic acids is 1. The second-order valence-electron chi connectivity index (χ2n) is 6.48. The Kier molecular flexibility index (Phi) is 4.55. The van der Waals surface area contributed by atoms with Gasteiger partial charge in [0.05, 0.1) is 7.11 Å². The Bertz CT molecular complexity index is 667. The van der Waals surface area contributed by atoms with Crippen LogP contribution in [0.5, 0.6) is 5.75 Å². The predicted octanol–water partition coefficient (Wildman–Crippen LogP) is 4.66. The maximum Gasteiger partial charge on any atom is 0.229 e. The third kappa shape index (κ3) is 3.67. The van der Waals surface area contributed by atoms with Crippen LogP contribution in [-0.2, 0) is 4.79 Å². The van der Waals surface area contributed by atoms with E-state index < -0.39 is 5.41 Å². The largest absolute Gasteiger partial charge is 0.497 e. The first-order valence-electron chi connectivity index (χ1n) is 7.38. The minimum Gasteiger partial charge on any atom is -0.497 e. The molecule has 2 aromatic carbocycles. The van der Waals surface area contributed by atoms with Crippen molar-refractivity contribution in [3.63, 3.8) is 0 Å². The second kappa shape index (κ2) is 6.22. The third-order valence-corrected chi connectivity index (χ3v) is 3.51. The van der Waals surface area contributed by atoms with Crippen LogP contribution in [0.3, 0.4) is 0 Å². The van der Waals surface area contributed by atoms with Crippen molar-refractivity contribution in [2.24, 2.45) is 5.41 Å². The summed E-state index contributed by atoms with van der Waals surface area (Å²) in [5, 5.41) is 3.05. The van der Waals surface area contributed by atoms with E-state index in [1.165, 1.54) is 0 Å². The highest BCUT2D eigenvalue weighted by Crippen LogP contribution is 2.31. The number of hydrogen-bond donors (Lipinski definition) is 1. The van der Waals surface area contributed by atoms with E-state index in [1.54, 1.807) is 7.11 Å². The summed E-state index contributed by atoms with van der Waals surface area (Å²) in [5.74, 6) is 0.823. The molecular weight excluding hydrogens is 274 g/mol. The zero-order chi connectivity index (χ0) is 16.3. The standard InChI is InChI=1S/C19H23NO2/c1-13-6-11-16(14-7-9-15(22-5)10-8-14)17(12-13)20-18(21)19(2,3)4/h6-12H,1-5H3,(H,20,21). The molecule has 0 fully saturated rings. The summed E-state index contributed by atoms with van der Waals surface area (Å²) >= 11 is 0. The van der Waals surface area contributed by atoms with E-state index in [0.29, 0.717) is 0 Å². The van der Waals surface area contributed by atoms with Gasteiger partial charge in [0.25, 0.3) is 0 Å². The molecule has 22 heavy (non-hydrogen) atoms. The number of hydrogen-bond acceptors (Lipinski definition) is 2. The van der Waals surface area contributed by atoms with Crippen molar-refractivity contribution < 1.29 is 9.53 Å². The van der Waals surface area contributed by atoms with Gasteiger partial charge >= 0.3 is 0 Å². The second-order valence-corrected chi connectivity index (χ2v) is 6.48. The number of rotatable bonds is 3. The monoisotopic (exact) mass is 297 g/mol. The molecule has 3 nitrogen and oxygen atoms in total. The lowest BCUT2D eigenvalue weighted by molar-refractivity contribution is -0.123. The number of carbonyl (C=O) groups is 1. The lowest BCUT2D eigenvalue weighted by Gasteiger charge is -2.20. The molecule has 1 N–H and O–H groups in total. The Morgan fingerprint density at radius 2 is 1.68 bits per heavy atom. The number of methoxy groups -OCH3 is 1. The fraction of sp³-hybridized carbons (Fsp3) is 0.316. The maximum absolute atomic E-state index is 12.3. The summed E-state index contributed by atoms with van der Waals surface area (Å²) in [6.07, 6.45) is 0. The molecule has 0 unspecified atom stereocenters. The van der Waals surface area contributed by atoms with E-state index in [9.17, 15) is 4.79 Å². The Morgan fingerprint density at radius 1 is 1.05 bits per heavy atom. The molecule has 0 aliphatic carbocycles. The normalized spacial score (nSPS) is 11.1. The highest BCUT2D eigenvalue weighted by atomic mass is 16.5. The average Bonchev–Trinajstić information content (AvgIpc) is 2.47. The summed E-state index contributed by atoms with van der Waals surface area (Å²) in [7, 11) is 1.65. The van der Waals surface area contributed by atoms with Crippen molar-refractivity contribution in [2.75, 3.05) is 12.4 Å². The van der Waals surface area contributed by atoms with E-state index in [2.05, 4.69) is 5.32 Å². The number of amides is 1. The topological polar surface area (TPSA) is 38.3 Å². The van der Waals surface area contributed by atoms with Crippen molar-refractivity contribution in [1.82, 2.24) is 0 Å². The zero-order valence-electron chi connectivity index (χ0n) is 13.9. The Balaban J connectivity index is 2.41. The van der Waals surface area contributed by atoms with Gasteiger partial charge in [-0.3, -0.25) is 4.79 Å². The van der Waals surface area contributed by atoms with Gasteiger partial charge in [0.2, 0.25) is 5.91 Å². The smallest absolute Gasteiger partial charge is 0.229 e. The van der Waals surface area contributed by atoms with Crippen molar-refractivity contribution in [1.29, 1.82) is 0 Å². The molecule has 1 amide bonds. The number of nitrogens with one attached hydrogen (secondary N) is 1. The maximum atomic E-state index is 12.3. The first-order valence-corrected chi connectivity index (χ1v) is 7.38. The van der Waals surface area contributed by atoms with Gasteiger partial charge in [-0.25, -0.2) is 0 Å². The first-order chi connectivity index (χ1) is 10.3. The van der Waals surface area contributed by atoms with E-state index in [-0.39, 0.29) is 5.91 Å². The minimum atomic E-state index is -0.430. The number of aryl methyl sites for hydroxylation is 1. The molecule has 0 aliphatic rings. The molecular formula is C19H23NO2. The number of benzene rings is 2. The van der Waals surface area contributed by atoms with Crippen LogP contribution in [0.2, 0.25) is 0 Å². The van der Waals surface area contributed by atoms with Crippen molar-refractivity contribution in [3.05, 3.63) is 48.0 Å². The number of ether oxygens (including phenoxy) is 1. The number of anilines is 1. The van der Waals surface area contributed by atoms with Crippen LogP contribution in [0.25, 0.3) is 11.1 Å². The van der Waals surface area contributed by atoms with Crippen LogP contribution in [0.15, 0.2) is 42.5 Å². The van der Waals surface area contributed by atoms with Crippen LogP contribution in [0, 0.1) is 12.3 Å². The quantitative estimate of drug-likeness (QED) is 0.895. The first kappa shape index (κ1) is 16.1. The van der Waals surface area contributed by atoms with Gasteiger partial charge < -0.3 is 10.1 Å². The fourth-order valence-corrected chi connectivity index (χ4v) is 2.09. The zero-order valence-corrected chi connectivity index (χ0v) is 13.9. The third-order valence-electron chi connectivity index (χ3n) is 3.51. The van der Waals surface area contributed by atoms with Crippen molar-refractivity contribution in [3.8, 4) is 16.9 Å². The highest BCUT2D eigenvalue weighted by molar-refractivity contribution is 5.98. The Hall–Kier alpha value is -2.29. The highest BCUT2D eigenvalue weighted by Gasteiger charge is 2.22. The Morgan fingerprint density at radius 3 is 2.23 bits per heavy atom. The molecule has 0 saturated carbocycles. The van der Waals surface area contributed by atoms with Crippen molar-refractivity contribution >= 4 is 11.6 Å². The van der Waals surface area contributed by atoms with E-state index in [0.717, 1.165) is 28.1 Å². The van der Waals surface area contributed by atoms with Crippen LogP contribution in [-0.4, -0.2) is 13.0 Å². The van der Waals surface area contributed by atoms with Gasteiger partial charge in [-0.05, 0) is 36.2 Å².